The highest BCUT2D eigenvalue weighted by atomic mass is 79.9. The summed E-state index contributed by atoms with van der Waals surface area (Å²) in [6, 6.07) is 7.38. The van der Waals surface area contributed by atoms with Gasteiger partial charge in [0.25, 0.3) is 0 Å². The molecule has 0 saturated heterocycles. The van der Waals surface area contributed by atoms with Crippen LogP contribution in [0.1, 0.15) is 32.3 Å². The summed E-state index contributed by atoms with van der Waals surface area (Å²) in [6.07, 6.45) is 0. The normalized spacial score (nSPS) is 17.8. The molecular weight excluding hydrogens is 362 g/mol. The molecule has 0 saturated carbocycles. The van der Waals surface area contributed by atoms with E-state index >= 15 is 0 Å². The van der Waals surface area contributed by atoms with Gasteiger partial charge in [-0.25, -0.2) is 4.79 Å². The van der Waals surface area contributed by atoms with Crippen LogP contribution >= 0.6 is 15.9 Å². The highest BCUT2D eigenvalue weighted by Gasteiger charge is 2.37. The van der Waals surface area contributed by atoms with E-state index in [-0.39, 0.29) is 23.8 Å². The van der Waals surface area contributed by atoms with E-state index in [4.69, 9.17) is 15.2 Å². The second-order valence-corrected chi connectivity index (χ2v) is 6.03. The Morgan fingerprint density at radius 3 is 2.61 bits per heavy atom. The van der Waals surface area contributed by atoms with Crippen molar-refractivity contribution in [2.24, 2.45) is 5.73 Å². The number of hydrogen-bond acceptors (Lipinski definition) is 5. The van der Waals surface area contributed by atoms with E-state index in [1.807, 2.05) is 24.3 Å². The molecule has 6 heteroatoms. The smallest absolute Gasteiger partial charge is 0.340 e. The van der Waals surface area contributed by atoms with Crippen molar-refractivity contribution in [3.05, 3.63) is 57.1 Å². The Balaban J connectivity index is 2.65. The van der Waals surface area contributed by atoms with E-state index in [1.165, 1.54) is 6.92 Å². The zero-order chi connectivity index (χ0) is 17.1. The fourth-order valence-corrected chi connectivity index (χ4v) is 3.08. The highest BCUT2D eigenvalue weighted by Crippen LogP contribution is 2.40. The van der Waals surface area contributed by atoms with Crippen LogP contribution in [0.3, 0.4) is 0 Å². The molecule has 1 aromatic rings. The first kappa shape index (κ1) is 17.3. The molecule has 1 unspecified atom stereocenters. The fraction of sp³-hybridized carbons (Fsp3) is 0.294. The first-order valence-corrected chi connectivity index (χ1v) is 7.97. The van der Waals surface area contributed by atoms with Crippen molar-refractivity contribution in [2.45, 2.75) is 26.7 Å². The zero-order valence-corrected chi connectivity index (χ0v) is 14.8. The number of ketones is 1. The van der Waals surface area contributed by atoms with Crippen molar-refractivity contribution in [1.82, 2.24) is 0 Å². The summed E-state index contributed by atoms with van der Waals surface area (Å²) in [5.74, 6) is -1.01. The number of esters is 1. The Morgan fingerprint density at radius 1 is 1.35 bits per heavy atom. The lowest BCUT2D eigenvalue weighted by Gasteiger charge is -2.28. The number of carbonyl (C=O) groups is 2. The minimum absolute atomic E-state index is 0.0316. The minimum atomic E-state index is -0.613. The molecule has 2 rings (SSSR count). The third-order valence-corrected chi connectivity index (χ3v) is 4.04. The monoisotopic (exact) mass is 379 g/mol. The lowest BCUT2D eigenvalue weighted by Crippen LogP contribution is -2.28. The van der Waals surface area contributed by atoms with Crippen LogP contribution in [0.15, 0.2) is 51.5 Å². The van der Waals surface area contributed by atoms with Crippen molar-refractivity contribution >= 4 is 27.7 Å². The first-order chi connectivity index (χ1) is 10.9. The standard InChI is InChI=1S/C17H18BrNO4/c1-4-22-17(21)15-14(11-6-5-7-12(18)8-11)13(9(2)20)10(3)23-16(15)19/h5-8,14H,4,19H2,1-3H3. The number of hydrogen-bond donors (Lipinski definition) is 1. The topological polar surface area (TPSA) is 78.6 Å². The Morgan fingerprint density at radius 2 is 2.04 bits per heavy atom. The van der Waals surface area contributed by atoms with Gasteiger partial charge in [0.05, 0.1) is 12.5 Å². The van der Waals surface area contributed by atoms with Gasteiger partial charge in [0.15, 0.2) is 5.78 Å². The molecule has 1 aliphatic heterocycles. The van der Waals surface area contributed by atoms with E-state index in [9.17, 15) is 9.59 Å². The van der Waals surface area contributed by atoms with Gasteiger partial charge in [0.1, 0.15) is 11.3 Å². The number of benzene rings is 1. The number of rotatable bonds is 4. The molecular formula is C17H18BrNO4. The second kappa shape index (κ2) is 7.00. The van der Waals surface area contributed by atoms with Crippen LogP contribution in [0.5, 0.6) is 0 Å². The van der Waals surface area contributed by atoms with Gasteiger partial charge in [0.2, 0.25) is 5.88 Å². The van der Waals surface area contributed by atoms with Crippen LogP contribution in [-0.4, -0.2) is 18.4 Å². The van der Waals surface area contributed by atoms with Crippen molar-refractivity contribution in [3.63, 3.8) is 0 Å². The maximum absolute atomic E-state index is 12.4. The van der Waals surface area contributed by atoms with Crippen molar-refractivity contribution in [2.75, 3.05) is 6.61 Å². The fourth-order valence-electron chi connectivity index (χ4n) is 2.66. The average Bonchev–Trinajstić information content (AvgIpc) is 2.46. The zero-order valence-electron chi connectivity index (χ0n) is 13.2. The van der Waals surface area contributed by atoms with Crippen LogP contribution in [0.4, 0.5) is 0 Å². The van der Waals surface area contributed by atoms with Gasteiger partial charge < -0.3 is 15.2 Å². The Bertz CT molecular complexity index is 721. The number of carbonyl (C=O) groups excluding carboxylic acids is 2. The van der Waals surface area contributed by atoms with Gasteiger partial charge >= 0.3 is 5.97 Å². The molecule has 1 aliphatic rings. The summed E-state index contributed by atoms with van der Waals surface area (Å²) >= 11 is 3.41. The predicted molar refractivity (Wildman–Crippen MR) is 89.2 cm³/mol. The lowest BCUT2D eigenvalue weighted by molar-refractivity contribution is -0.139. The van der Waals surface area contributed by atoms with E-state index < -0.39 is 11.9 Å². The molecule has 0 amide bonds. The summed E-state index contributed by atoms with van der Waals surface area (Å²) < 4.78 is 11.4. The van der Waals surface area contributed by atoms with Crippen LogP contribution in [0.25, 0.3) is 0 Å². The Hall–Kier alpha value is -2.08. The second-order valence-electron chi connectivity index (χ2n) is 5.11. The molecule has 122 valence electrons. The molecule has 0 bridgehead atoms. The van der Waals surface area contributed by atoms with E-state index in [1.54, 1.807) is 13.8 Å². The van der Waals surface area contributed by atoms with Gasteiger partial charge in [-0.15, -0.1) is 0 Å². The van der Waals surface area contributed by atoms with Gasteiger partial charge in [-0.05, 0) is 38.5 Å². The molecule has 0 aromatic heterocycles. The third kappa shape index (κ3) is 3.47. The van der Waals surface area contributed by atoms with Gasteiger partial charge in [-0.2, -0.15) is 0 Å². The van der Waals surface area contributed by atoms with Gasteiger partial charge in [0, 0.05) is 10.0 Å². The Kier molecular flexibility index (Phi) is 5.26. The number of halogens is 1. The molecule has 2 N–H and O–H groups in total. The number of ether oxygens (including phenoxy) is 2. The predicted octanol–water partition coefficient (Wildman–Crippen LogP) is 3.16. The van der Waals surface area contributed by atoms with Crippen LogP contribution in [0, 0.1) is 0 Å². The number of nitrogens with two attached hydrogens (primary N) is 1. The van der Waals surface area contributed by atoms with Gasteiger partial charge in [-0.3, -0.25) is 4.79 Å². The summed E-state index contributed by atoms with van der Waals surface area (Å²) in [5.41, 5.74) is 7.25. The average molecular weight is 380 g/mol. The van der Waals surface area contributed by atoms with Crippen molar-refractivity contribution in [3.8, 4) is 0 Å². The maximum atomic E-state index is 12.4. The van der Waals surface area contributed by atoms with Crippen molar-refractivity contribution < 1.29 is 19.1 Å². The molecule has 5 nitrogen and oxygen atoms in total. The molecule has 0 radical (unpaired) electrons. The molecule has 23 heavy (non-hydrogen) atoms. The first-order valence-electron chi connectivity index (χ1n) is 7.18. The van der Waals surface area contributed by atoms with E-state index in [0.717, 1.165) is 10.0 Å². The largest absolute Gasteiger partial charge is 0.462 e. The summed E-state index contributed by atoms with van der Waals surface area (Å²) in [5, 5.41) is 0. The summed E-state index contributed by atoms with van der Waals surface area (Å²) in [7, 11) is 0. The molecule has 0 fully saturated rings. The number of Topliss-reactive ketones (excluding diaryl/α,β-unsaturated/α-hetero) is 1. The van der Waals surface area contributed by atoms with E-state index in [0.29, 0.717) is 11.3 Å². The summed E-state index contributed by atoms with van der Waals surface area (Å²) in [4.78, 5) is 24.5. The van der Waals surface area contributed by atoms with Crippen LogP contribution < -0.4 is 5.73 Å². The lowest BCUT2D eigenvalue weighted by atomic mass is 9.81. The number of allylic oxidation sites excluding steroid dienone is 2. The van der Waals surface area contributed by atoms with Crippen LogP contribution in [-0.2, 0) is 19.1 Å². The SMILES string of the molecule is CCOC(=O)C1=C(N)OC(C)=C(C(C)=O)C1c1cccc(Br)c1. The molecule has 1 aromatic carbocycles. The minimum Gasteiger partial charge on any atom is -0.462 e. The summed E-state index contributed by atoms with van der Waals surface area (Å²) in [6.45, 7) is 5.02. The molecule has 0 spiro atoms. The molecule has 0 aliphatic carbocycles. The Labute approximate surface area is 143 Å². The van der Waals surface area contributed by atoms with Gasteiger partial charge in [-0.1, -0.05) is 28.1 Å². The van der Waals surface area contributed by atoms with Crippen molar-refractivity contribution in [1.29, 1.82) is 0 Å². The third-order valence-electron chi connectivity index (χ3n) is 3.54. The quantitative estimate of drug-likeness (QED) is 0.812. The maximum Gasteiger partial charge on any atom is 0.340 e. The highest BCUT2D eigenvalue weighted by molar-refractivity contribution is 9.10. The van der Waals surface area contributed by atoms with Crippen LogP contribution in [0.2, 0.25) is 0 Å². The molecule has 1 atom stereocenters. The van der Waals surface area contributed by atoms with E-state index in [2.05, 4.69) is 15.9 Å². The molecule has 1 heterocycles.